The minimum atomic E-state index is -0.328. The second kappa shape index (κ2) is 6.73. The number of rotatable bonds is 5. The van der Waals surface area contributed by atoms with Gasteiger partial charge in [-0.2, -0.15) is 0 Å². The molecule has 0 saturated heterocycles. The number of esters is 1. The minimum absolute atomic E-state index is 0.0775. The standard InChI is InChI=1S/C13H15BrN4O4/c1-8(2)12(19)22-7-6-15-13-16-10-5-3-4-9(14)11(10)17(20)18(13)21/h3-5,8H,6-7H2,1-2H3,(H,15,16). The molecule has 0 amide bonds. The molecule has 0 bridgehead atoms. The number of hydrogen-bond donors (Lipinski definition) is 1. The van der Waals surface area contributed by atoms with E-state index in [1.165, 1.54) is 0 Å². The van der Waals surface area contributed by atoms with E-state index in [9.17, 15) is 15.2 Å². The van der Waals surface area contributed by atoms with Crippen LogP contribution in [0.1, 0.15) is 13.8 Å². The van der Waals surface area contributed by atoms with Crippen LogP contribution in [0.15, 0.2) is 22.7 Å². The van der Waals surface area contributed by atoms with Crippen LogP contribution in [0.5, 0.6) is 0 Å². The zero-order chi connectivity index (χ0) is 16.3. The van der Waals surface area contributed by atoms with Gasteiger partial charge in [-0.15, -0.1) is 0 Å². The Kier molecular flexibility index (Phi) is 4.96. The maximum atomic E-state index is 12.0. The lowest BCUT2D eigenvalue weighted by molar-refractivity contribution is -1.17. The maximum absolute atomic E-state index is 12.0. The molecule has 0 unspecified atom stereocenters. The average Bonchev–Trinajstić information content (AvgIpc) is 2.47. The predicted molar refractivity (Wildman–Crippen MR) is 81.6 cm³/mol. The summed E-state index contributed by atoms with van der Waals surface area (Å²) in [6, 6.07) is 4.98. The summed E-state index contributed by atoms with van der Waals surface area (Å²) >= 11 is 3.21. The van der Waals surface area contributed by atoms with Gasteiger partial charge in [0.2, 0.25) is 5.52 Å². The number of anilines is 1. The fraction of sp³-hybridized carbons (Fsp3) is 0.385. The largest absolute Gasteiger partial charge is 0.688 e. The Labute approximate surface area is 135 Å². The Balaban J connectivity index is 2.12. The molecule has 118 valence electrons. The van der Waals surface area contributed by atoms with Crippen LogP contribution in [0.4, 0.5) is 5.95 Å². The van der Waals surface area contributed by atoms with E-state index in [4.69, 9.17) is 4.74 Å². The molecule has 8 nitrogen and oxygen atoms in total. The van der Waals surface area contributed by atoms with E-state index in [1.54, 1.807) is 32.0 Å². The smallest absolute Gasteiger partial charge is 0.448 e. The molecule has 0 atom stereocenters. The summed E-state index contributed by atoms with van der Waals surface area (Å²) in [5.74, 6) is -0.698. The van der Waals surface area contributed by atoms with Crippen LogP contribution in [-0.2, 0) is 9.53 Å². The van der Waals surface area contributed by atoms with Crippen molar-refractivity contribution in [2.24, 2.45) is 5.92 Å². The van der Waals surface area contributed by atoms with Crippen molar-refractivity contribution in [2.75, 3.05) is 18.5 Å². The van der Waals surface area contributed by atoms with Crippen LogP contribution in [0.25, 0.3) is 11.0 Å². The molecule has 1 aromatic carbocycles. The minimum Gasteiger partial charge on any atom is -0.688 e. The maximum Gasteiger partial charge on any atom is 0.448 e. The molecule has 2 rings (SSSR count). The van der Waals surface area contributed by atoms with Gasteiger partial charge in [0, 0.05) is 0 Å². The first kappa shape index (κ1) is 16.2. The van der Waals surface area contributed by atoms with Crippen LogP contribution in [-0.4, -0.2) is 24.1 Å². The fourth-order valence-corrected chi connectivity index (χ4v) is 2.21. The van der Waals surface area contributed by atoms with Gasteiger partial charge in [0.25, 0.3) is 0 Å². The van der Waals surface area contributed by atoms with Crippen LogP contribution >= 0.6 is 15.9 Å². The highest BCUT2D eigenvalue weighted by Crippen LogP contribution is 2.18. The quantitative estimate of drug-likeness (QED) is 0.362. The van der Waals surface area contributed by atoms with E-state index in [-0.39, 0.29) is 46.2 Å². The van der Waals surface area contributed by atoms with Crippen LogP contribution in [0.2, 0.25) is 0 Å². The SMILES string of the molecule is CC(C)C(=O)OCCNc1nc2cccc(Br)c2[n+]([O-])[n+]1[O-]. The zero-order valence-corrected chi connectivity index (χ0v) is 13.7. The Hall–Kier alpha value is -2.16. The van der Waals surface area contributed by atoms with Gasteiger partial charge in [0.15, 0.2) is 0 Å². The number of halogens is 1. The Bertz CT molecular complexity index is 708. The molecular formula is C13H15BrN4O4. The summed E-state index contributed by atoms with van der Waals surface area (Å²) < 4.78 is 5.45. The van der Waals surface area contributed by atoms with Gasteiger partial charge in [0.05, 0.1) is 16.9 Å². The first-order valence-electron chi connectivity index (χ1n) is 6.64. The number of nitrogens with zero attached hydrogens (tertiary/aromatic N) is 3. The Morgan fingerprint density at radius 3 is 2.82 bits per heavy atom. The Morgan fingerprint density at radius 2 is 2.14 bits per heavy atom. The monoisotopic (exact) mass is 370 g/mol. The van der Waals surface area contributed by atoms with Gasteiger partial charge in [-0.05, 0) is 37.8 Å². The summed E-state index contributed by atoms with van der Waals surface area (Å²) in [6.07, 6.45) is 0. The molecule has 0 aliphatic carbocycles. The molecule has 0 radical (unpaired) electrons. The van der Waals surface area contributed by atoms with Crippen molar-refractivity contribution in [1.82, 2.24) is 4.98 Å². The molecule has 0 aliphatic rings. The highest BCUT2D eigenvalue weighted by molar-refractivity contribution is 9.10. The van der Waals surface area contributed by atoms with Crippen molar-refractivity contribution in [3.63, 3.8) is 0 Å². The summed E-state index contributed by atoms with van der Waals surface area (Å²) in [6.45, 7) is 3.70. The number of benzene rings is 1. The molecule has 0 saturated carbocycles. The van der Waals surface area contributed by atoms with Gasteiger partial charge < -0.3 is 15.2 Å². The third-order valence-electron chi connectivity index (χ3n) is 2.83. The summed E-state index contributed by atoms with van der Waals surface area (Å²) in [4.78, 5) is 15.7. The number of carbonyl (C=O) groups is 1. The highest BCUT2D eigenvalue weighted by atomic mass is 79.9. The van der Waals surface area contributed by atoms with Crippen molar-refractivity contribution in [1.29, 1.82) is 0 Å². The number of para-hydroxylation sites is 1. The summed E-state index contributed by atoms with van der Waals surface area (Å²) in [5.41, 5.74) is 0.521. The first-order chi connectivity index (χ1) is 10.4. The lowest BCUT2D eigenvalue weighted by atomic mass is 10.2. The van der Waals surface area contributed by atoms with Gasteiger partial charge >= 0.3 is 17.4 Å². The predicted octanol–water partition coefficient (Wildman–Crippen LogP) is 0.875. The number of fused-ring (bicyclic) bond motifs is 1. The van der Waals surface area contributed by atoms with Crippen molar-refractivity contribution in [2.45, 2.75) is 13.8 Å². The molecular weight excluding hydrogens is 356 g/mol. The second-order valence-electron chi connectivity index (χ2n) is 4.84. The number of nitrogens with one attached hydrogen (secondary N) is 1. The van der Waals surface area contributed by atoms with Gasteiger partial charge in [-0.3, -0.25) is 10.1 Å². The normalized spacial score (nSPS) is 10.9. The van der Waals surface area contributed by atoms with Gasteiger partial charge in [-0.1, -0.05) is 24.9 Å². The molecule has 0 fully saturated rings. The molecule has 0 aliphatic heterocycles. The summed E-state index contributed by atoms with van der Waals surface area (Å²) in [7, 11) is 0. The lowest BCUT2D eigenvalue weighted by Gasteiger charge is -2.10. The van der Waals surface area contributed by atoms with Crippen molar-refractivity contribution in [3.05, 3.63) is 33.1 Å². The molecule has 1 heterocycles. The van der Waals surface area contributed by atoms with E-state index >= 15 is 0 Å². The number of hydrogen-bond acceptors (Lipinski definition) is 6. The van der Waals surface area contributed by atoms with Gasteiger partial charge in [0.1, 0.15) is 6.61 Å². The fourth-order valence-electron chi connectivity index (χ4n) is 1.71. The molecule has 0 spiro atoms. The number of aromatic nitrogens is 3. The zero-order valence-electron chi connectivity index (χ0n) is 12.1. The molecule has 22 heavy (non-hydrogen) atoms. The van der Waals surface area contributed by atoms with Gasteiger partial charge in [-0.25, -0.2) is 0 Å². The molecule has 1 N–H and O–H groups in total. The average molecular weight is 371 g/mol. The topological polar surface area (TPSA) is 105 Å². The molecule has 2 aromatic rings. The summed E-state index contributed by atoms with van der Waals surface area (Å²) in [5, 5.41) is 26.5. The third kappa shape index (κ3) is 3.35. The van der Waals surface area contributed by atoms with Crippen molar-refractivity contribution in [3.8, 4) is 0 Å². The Morgan fingerprint density at radius 1 is 1.41 bits per heavy atom. The molecule has 9 heteroatoms. The first-order valence-corrected chi connectivity index (χ1v) is 7.43. The van der Waals surface area contributed by atoms with E-state index in [0.29, 0.717) is 9.99 Å². The number of carbonyl (C=O) groups excluding carboxylic acids is 1. The third-order valence-corrected chi connectivity index (χ3v) is 3.47. The number of ether oxygens (including phenoxy) is 1. The van der Waals surface area contributed by atoms with Crippen molar-refractivity contribution < 1.29 is 19.2 Å². The highest BCUT2D eigenvalue weighted by Gasteiger charge is 2.21. The lowest BCUT2D eigenvalue weighted by Crippen LogP contribution is -2.62. The molecule has 1 aromatic heterocycles. The van der Waals surface area contributed by atoms with E-state index in [2.05, 4.69) is 26.2 Å². The van der Waals surface area contributed by atoms with Crippen LogP contribution < -0.4 is 15.0 Å². The van der Waals surface area contributed by atoms with Crippen LogP contribution in [0, 0.1) is 16.3 Å². The second-order valence-corrected chi connectivity index (χ2v) is 5.69. The van der Waals surface area contributed by atoms with Crippen molar-refractivity contribution >= 4 is 38.9 Å². The van der Waals surface area contributed by atoms with E-state index < -0.39 is 0 Å². The van der Waals surface area contributed by atoms with Crippen LogP contribution in [0.3, 0.4) is 0 Å². The van der Waals surface area contributed by atoms with E-state index in [1.807, 2.05) is 0 Å². The van der Waals surface area contributed by atoms with E-state index in [0.717, 1.165) is 0 Å².